The van der Waals surface area contributed by atoms with E-state index in [2.05, 4.69) is 21.2 Å². The van der Waals surface area contributed by atoms with Crippen molar-refractivity contribution in [3.05, 3.63) is 92.4 Å². The Balaban J connectivity index is 2.08. The maximum absolute atomic E-state index is 13.9. The summed E-state index contributed by atoms with van der Waals surface area (Å²) < 4.78 is 29.5. The zero-order valence-corrected chi connectivity index (χ0v) is 25.9. The fourth-order valence-electron chi connectivity index (χ4n) is 3.86. The molecular weight excluding hydrogens is 625 g/mol. The molecule has 0 aliphatic carbocycles. The number of benzene rings is 3. The lowest BCUT2D eigenvalue weighted by Gasteiger charge is -2.32. The molecule has 0 spiro atoms. The second-order valence-electron chi connectivity index (χ2n) is 9.39. The third kappa shape index (κ3) is 7.75. The van der Waals surface area contributed by atoms with E-state index in [1.54, 1.807) is 25.1 Å². The Hall–Kier alpha value is -2.59. The van der Waals surface area contributed by atoms with Crippen LogP contribution in [0.2, 0.25) is 10.0 Å². The van der Waals surface area contributed by atoms with Crippen LogP contribution in [0.15, 0.2) is 76.1 Å². The lowest BCUT2D eigenvalue weighted by Crippen LogP contribution is -2.52. The Morgan fingerprint density at radius 1 is 0.974 bits per heavy atom. The van der Waals surface area contributed by atoms with Crippen LogP contribution in [-0.4, -0.2) is 43.8 Å². The van der Waals surface area contributed by atoms with Gasteiger partial charge in [0.05, 0.1) is 20.6 Å². The first-order chi connectivity index (χ1) is 18.3. The van der Waals surface area contributed by atoms with Crippen molar-refractivity contribution in [1.82, 2.24) is 10.2 Å². The number of halogens is 3. The molecule has 3 rings (SSSR count). The smallest absolute Gasteiger partial charge is 0.264 e. The molecule has 0 saturated heterocycles. The van der Waals surface area contributed by atoms with Crippen LogP contribution in [0.5, 0.6) is 0 Å². The third-order valence-electron chi connectivity index (χ3n) is 5.93. The largest absolute Gasteiger partial charge is 0.352 e. The quantitative estimate of drug-likeness (QED) is 0.282. The number of rotatable bonds is 10. The van der Waals surface area contributed by atoms with E-state index in [0.717, 1.165) is 19.9 Å². The van der Waals surface area contributed by atoms with E-state index in [4.69, 9.17) is 23.2 Å². The first-order valence-electron chi connectivity index (χ1n) is 12.2. The minimum atomic E-state index is -4.25. The van der Waals surface area contributed by atoms with Gasteiger partial charge in [0.1, 0.15) is 12.6 Å². The minimum Gasteiger partial charge on any atom is -0.352 e. The maximum Gasteiger partial charge on any atom is 0.264 e. The molecule has 11 heteroatoms. The van der Waals surface area contributed by atoms with E-state index in [1.165, 1.54) is 29.2 Å². The Kier molecular flexibility index (Phi) is 10.5. The van der Waals surface area contributed by atoms with Crippen molar-refractivity contribution in [2.24, 2.45) is 0 Å². The highest BCUT2D eigenvalue weighted by Gasteiger charge is 2.33. The molecule has 0 radical (unpaired) electrons. The molecule has 1 N–H and O–H groups in total. The van der Waals surface area contributed by atoms with Crippen molar-refractivity contribution in [3.63, 3.8) is 0 Å². The number of nitrogens with zero attached hydrogens (tertiary/aromatic N) is 2. The van der Waals surface area contributed by atoms with Gasteiger partial charge in [-0.05, 0) is 69.7 Å². The van der Waals surface area contributed by atoms with Crippen molar-refractivity contribution in [2.75, 3.05) is 10.8 Å². The van der Waals surface area contributed by atoms with Crippen LogP contribution in [0.1, 0.15) is 31.9 Å². The van der Waals surface area contributed by atoms with Gasteiger partial charge < -0.3 is 10.2 Å². The standard InChI is InChI=1S/C28H30BrCl2N3O4S/c1-18(2)32-28(36)20(4)33(16-21-7-5-8-22(29)15-21)26(35)17-34(25-10-6-9-24(30)27(25)31)39(37,38)23-13-11-19(3)12-14-23/h5-15,18,20H,16-17H2,1-4H3,(H,32,36). The van der Waals surface area contributed by atoms with Crippen LogP contribution in [-0.2, 0) is 26.2 Å². The lowest BCUT2D eigenvalue weighted by molar-refractivity contribution is -0.139. The SMILES string of the molecule is Cc1ccc(S(=O)(=O)N(CC(=O)N(Cc2cccc(Br)c2)C(C)C(=O)NC(C)C)c2cccc(Cl)c2Cl)cc1. The average molecular weight is 655 g/mol. The Morgan fingerprint density at radius 3 is 2.23 bits per heavy atom. The first-order valence-corrected chi connectivity index (χ1v) is 15.2. The lowest BCUT2D eigenvalue weighted by atomic mass is 10.1. The van der Waals surface area contributed by atoms with Gasteiger partial charge in [0, 0.05) is 17.1 Å². The number of aryl methyl sites for hydroxylation is 1. The number of sulfonamides is 1. The normalized spacial score (nSPS) is 12.2. The van der Waals surface area contributed by atoms with Crippen molar-refractivity contribution < 1.29 is 18.0 Å². The Morgan fingerprint density at radius 2 is 1.62 bits per heavy atom. The molecule has 2 amide bonds. The minimum absolute atomic E-state index is 0.00760. The zero-order valence-electron chi connectivity index (χ0n) is 22.0. The molecule has 7 nitrogen and oxygen atoms in total. The number of hydrogen-bond acceptors (Lipinski definition) is 4. The highest BCUT2D eigenvalue weighted by atomic mass is 79.9. The molecule has 3 aromatic rings. The average Bonchev–Trinajstić information content (AvgIpc) is 2.87. The highest BCUT2D eigenvalue weighted by Crippen LogP contribution is 2.35. The van der Waals surface area contributed by atoms with Gasteiger partial charge in [0.15, 0.2) is 0 Å². The monoisotopic (exact) mass is 653 g/mol. The van der Waals surface area contributed by atoms with Crippen LogP contribution in [0.25, 0.3) is 0 Å². The number of carbonyl (C=O) groups is 2. The molecule has 208 valence electrons. The van der Waals surface area contributed by atoms with E-state index in [0.29, 0.717) is 0 Å². The van der Waals surface area contributed by atoms with Crippen LogP contribution in [0, 0.1) is 6.92 Å². The molecule has 1 atom stereocenters. The maximum atomic E-state index is 13.9. The summed E-state index contributed by atoms with van der Waals surface area (Å²) in [6, 6.07) is 17.2. The summed E-state index contributed by atoms with van der Waals surface area (Å²) in [5, 5.41) is 2.96. The van der Waals surface area contributed by atoms with Crippen molar-refractivity contribution in [3.8, 4) is 0 Å². The molecule has 3 aromatic carbocycles. The van der Waals surface area contributed by atoms with Crippen molar-refractivity contribution in [1.29, 1.82) is 0 Å². The second-order valence-corrected chi connectivity index (χ2v) is 13.0. The number of hydrogen-bond donors (Lipinski definition) is 1. The summed E-state index contributed by atoms with van der Waals surface area (Å²) in [6.07, 6.45) is 0. The number of anilines is 1. The van der Waals surface area contributed by atoms with Crippen molar-refractivity contribution in [2.45, 2.75) is 51.2 Å². The molecule has 0 bridgehead atoms. The number of carbonyl (C=O) groups excluding carboxylic acids is 2. The number of nitrogens with one attached hydrogen (secondary N) is 1. The third-order valence-corrected chi connectivity index (χ3v) is 9.00. The van der Waals surface area contributed by atoms with E-state index >= 15 is 0 Å². The fraction of sp³-hybridized carbons (Fsp3) is 0.286. The fourth-order valence-corrected chi connectivity index (χ4v) is 6.18. The van der Waals surface area contributed by atoms with Gasteiger partial charge >= 0.3 is 0 Å². The van der Waals surface area contributed by atoms with Gasteiger partial charge in [-0.25, -0.2) is 8.42 Å². The summed E-state index contributed by atoms with van der Waals surface area (Å²) in [4.78, 5) is 28.2. The summed E-state index contributed by atoms with van der Waals surface area (Å²) in [5.74, 6) is -0.949. The Labute approximate surface area is 248 Å². The first kappa shape index (κ1) is 30.9. The van der Waals surface area contributed by atoms with Crippen LogP contribution < -0.4 is 9.62 Å². The van der Waals surface area contributed by atoms with Gasteiger partial charge in [-0.15, -0.1) is 0 Å². The van der Waals surface area contributed by atoms with E-state index in [-0.39, 0.29) is 39.1 Å². The summed E-state index contributed by atoms with van der Waals surface area (Å²) in [7, 11) is -4.25. The predicted octanol–water partition coefficient (Wildman–Crippen LogP) is 6.20. The summed E-state index contributed by atoms with van der Waals surface area (Å²) >= 11 is 16.1. The topological polar surface area (TPSA) is 86.8 Å². The predicted molar refractivity (Wildman–Crippen MR) is 160 cm³/mol. The molecule has 0 saturated carbocycles. The van der Waals surface area contributed by atoms with Crippen molar-refractivity contribution >= 4 is 66.7 Å². The molecule has 0 aliphatic rings. The van der Waals surface area contributed by atoms with Gasteiger partial charge in [0.25, 0.3) is 10.0 Å². The van der Waals surface area contributed by atoms with Gasteiger partial charge in [-0.3, -0.25) is 13.9 Å². The van der Waals surface area contributed by atoms with Gasteiger partial charge in [-0.2, -0.15) is 0 Å². The highest BCUT2D eigenvalue weighted by molar-refractivity contribution is 9.10. The van der Waals surface area contributed by atoms with Gasteiger partial charge in [0.2, 0.25) is 11.8 Å². The Bertz CT molecular complexity index is 1450. The van der Waals surface area contributed by atoms with Crippen LogP contribution in [0.4, 0.5) is 5.69 Å². The van der Waals surface area contributed by atoms with E-state index < -0.39 is 28.5 Å². The van der Waals surface area contributed by atoms with Crippen LogP contribution in [0.3, 0.4) is 0 Å². The summed E-state index contributed by atoms with van der Waals surface area (Å²) in [6.45, 7) is 6.56. The number of amides is 2. The zero-order chi connectivity index (χ0) is 28.9. The molecular formula is C28H30BrCl2N3O4S. The molecule has 0 heterocycles. The summed E-state index contributed by atoms with van der Waals surface area (Å²) in [5.41, 5.74) is 1.69. The molecule has 0 aromatic heterocycles. The van der Waals surface area contributed by atoms with E-state index in [1.807, 2.05) is 45.0 Å². The molecule has 0 aliphatic heterocycles. The van der Waals surface area contributed by atoms with Crippen LogP contribution >= 0.6 is 39.1 Å². The molecule has 39 heavy (non-hydrogen) atoms. The second kappa shape index (κ2) is 13.2. The molecule has 1 unspecified atom stereocenters. The van der Waals surface area contributed by atoms with Gasteiger partial charge in [-0.1, -0.05) is 75.0 Å². The molecule has 0 fully saturated rings. The van der Waals surface area contributed by atoms with E-state index in [9.17, 15) is 18.0 Å².